The molecule has 0 radical (unpaired) electrons. The average molecular weight is 241 g/mol. The van der Waals surface area contributed by atoms with Crippen LogP contribution in [0.25, 0.3) is 0 Å². The van der Waals surface area contributed by atoms with Crippen molar-refractivity contribution in [3.8, 4) is 0 Å². The van der Waals surface area contributed by atoms with Crippen molar-refractivity contribution in [3.05, 3.63) is 11.7 Å². The summed E-state index contributed by atoms with van der Waals surface area (Å²) in [6, 6.07) is -0.304. The summed E-state index contributed by atoms with van der Waals surface area (Å²) < 4.78 is 10.3. The van der Waals surface area contributed by atoms with E-state index in [1.165, 1.54) is 12.8 Å². The van der Waals surface area contributed by atoms with Crippen LogP contribution in [-0.2, 0) is 4.74 Å². The van der Waals surface area contributed by atoms with Gasteiger partial charge in [-0.15, -0.1) is 0 Å². The van der Waals surface area contributed by atoms with Crippen LogP contribution in [0.1, 0.15) is 63.2 Å². The lowest BCUT2D eigenvalue weighted by Crippen LogP contribution is -2.17. The van der Waals surface area contributed by atoms with Crippen molar-refractivity contribution in [1.29, 1.82) is 0 Å². The molecular formula is C12H23N3O2. The second kappa shape index (κ2) is 7.40. The average Bonchev–Trinajstić information content (AvgIpc) is 2.80. The number of hydrogen-bond donors (Lipinski definition) is 1. The normalized spacial score (nSPS) is 14.8. The molecule has 0 fully saturated rings. The zero-order valence-corrected chi connectivity index (χ0v) is 11.0. The van der Waals surface area contributed by atoms with Gasteiger partial charge in [-0.25, -0.2) is 0 Å². The summed E-state index contributed by atoms with van der Waals surface area (Å²) in [5, 5.41) is 3.92. The quantitative estimate of drug-likeness (QED) is 0.756. The third-order valence-corrected chi connectivity index (χ3v) is 2.88. The van der Waals surface area contributed by atoms with Gasteiger partial charge in [-0.2, -0.15) is 4.98 Å². The molecule has 2 unspecified atom stereocenters. The van der Waals surface area contributed by atoms with Gasteiger partial charge in [0.1, 0.15) is 0 Å². The molecule has 0 saturated heterocycles. The van der Waals surface area contributed by atoms with E-state index in [4.69, 9.17) is 15.0 Å². The van der Waals surface area contributed by atoms with Gasteiger partial charge in [-0.1, -0.05) is 31.8 Å². The van der Waals surface area contributed by atoms with Gasteiger partial charge in [0.25, 0.3) is 0 Å². The van der Waals surface area contributed by atoms with Crippen LogP contribution in [0, 0.1) is 0 Å². The Morgan fingerprint density at radius 2 is 2.18 bits per heavy atom. The number of unbranched alkanes of at least 4 members (excludes halogenated alkanes) is 1. The maximum Gasteiger partial charge on any atom is 0.229 e. The van der Waals surface area contributed by atoms with E-state index in [1.807, 2.05) is 0 Å². The zero-order valence-electron chi connectivity index (χ0n) is 11.0. The highest BCUT2D eigenvalue weighted by Gasteiger charge is 2.19. The summed E-state index contributed by atoms with van der Waals surface area (Å²) in [6.07, 6.45) is 4.47. The maximum atomic E-state index is 5.85. The Hall–Kier alpha value is -0.940. The number of hydrogen-bond acceptors (Lipinski definition) is 5. The van der Waals surface area contributed by atoms with Crippen LogP contribution in [0.5, 0.6) is 0 Å². The Bertz CT molecular complexity index is 314. The molecule has 5 nitrogen and oxygen atoms in total. The molecule has 1 rings (SSSR count). The van der Waals surface area contributed by atoms with Crippen molar-refractivity contribution in [2.24, 2.45) is 5.73 Å². The van der Waals surface area contributed by atoms with Gasteiger partial charge in [0.2, 0.25) is 5.89 Å². The second-order valence-electron chi connectivity index (χ2n) is 4.30. The summed E-state index contributed by atoms with van der Waals surface area (Å²) in [7, 11) is 1.61. The van der Waals surface area contributed by atoms with Crippen molar-refractivity contribution in [2.75, 3.05) is 13.7 Å². The number of aromatic nitrogens is 2. The number of nitrogens with zero attached hydrogens (tertiary/aromatic N) is 2. The first-order chi connectivity index (χ1) is 8.22. The summed E-state index contributed by atoms with van der Waals surface area (Å²) in [5.41, 5.74) is 5.85. The predicted molar refractivity (Wildman–Crippen MR) is 65.7 cm³/mol. The minimum absolute atomic E-state index is 0.304. The summed E-state index contributed by atoms with van der Waals surface area (Å²) in [5.74, 6) is 1.60. The molecule has 0 amide bonds. The first-order valence-electron chi connectivity index (χ1n) is 6.30. The molecular weight excluding hydrogens is 218 g/mol. The summed E-state index contributed by atoms with van der Waals surface area (Å²) in [6.45, 7) is 4.73. The lowest BCUT2D eigenvalue weighted by molar-refractivity contribution is 0.177. The molecule has 0 spiro atoms. The monoisotopic (exact) mass is 241 g/mol. The lowest BCUT2D eigenvalue weighted by Gasteiger charge is -2.08. The van der Waals surface area contributed by atoms with Gasteiger partial charge in [0.15, 0.2) is 5.82 Å². The van der Waals surface area contributed by atoms with Crippen molar-refractivity contribution in [3.63, 3.8) is 0 Å². The standard InChI is InChI=1S/C12H23N3O2/c1-4-6-7-9(5-2)12-14-11(15-17-12)10(13)8-16-3/h9-10H,4-8,13H2,1-3H3. The maximum absolute atomic E-state index is 5.85. The van der Waals surface area contributed by atoms with Crippen LogP contribution < -0.4 is 5.73 Å². The van der Waals surface area contributed by atoms with Crippen LogP contribution in [-0.4, -0.2) is 23.9 Å². The molecule has 0 aromatic carbocycles. The van der Waals surface area contributed by atoms with E-state index in [2.05, 4.69) is 24.0 Å². The van der Waals surface area contributed by atoms with E-state index in [0.29, 0.717) is 24.2 Å². The third-order valence-electron chi connectivity index (χ3n) is 2.88. The van der Waals surface area contributed by atoms with E-state index in [1.54, 1.807) is 7.11 Å². The molecule has 1 heterocycles. The van der Waals surface area contributed by atoms with Crippen molar-refractivity contribution in [1.82, 2.24) is 10.1 Å². The Kier molecular flexibility index (Phi) is 6.15. The number of ether oxygens (including phenoxy) is 1. The molecule has 5 heteroatoms. The van der Waals surface area contributed by atoms with E-state index < -0.39 is 0 Å². The van der Waals surface area contributed by atoms with Crippen LogP contribution in [0.4, 0.5) is 0 Å². The van der Waals surface area contributed by atoms with Gasteiger partial charge in [0.05, 0.1) is 12.6 Å². The highest BCUT2D eigenvalue weighted by Crippen LogP contribution is 2.24. The number of nitrogens with two attached hydrogens (primary N) is 1. The molecule has 98 valence electrons. The Labute approximate surface area is 103 Å². The van der Waals surface area contributed by atoms with Gasteiger partial charge < -0.3 is 15.0 Å². The molecule has 0 aliphatic carbocycles. The molecule has 17 heavy (non-hydrogen) atoms. The molecule has 2 atom stereocenters. The molecule has 1 aromatic rings. The molecule has 0 aliphatic rings. The smallest absolute Gasteiger partial charge is 0.229 e. The molecule has 0 bridgehead atoms. The fourth-order valence-corrected chi connectivity index (χ4v) is 1.77. The highest BCUT2D eigenvalue weighted by atomic mass is 16.5. The van der Waals surface area contributed by atoms with E-state index >= 15 is 0 Å². The summed E-state index contributed by atoms with van der Waals surface area (Å²) in [4.78, 5) is 4.37. The molecule has 2 N–H and O–H groups in total. The number of rotatable bonds is 8. The lowest BCUT2D eigenvalue weighted by atomic mass is 9.99. The molecule has 0 aliphatic heterocycles. The summed E-state index contributed by atoms with van der Waals surface area (Å²) >= 11 is 0. The minimum Gasteiger partial charge on any atom is -0.383 e. The Morgan fingerprint density at radius 1 is 1.41 bits per heavy atom. The van der Waals surface area contributed by atoms with Gasteiger partial charge in [-0.05, 0) is 12.8 Å². The minimum atomic E-state index is -0.304. The fraction of sp³-hybridized carbons (Fsp3) is 0.833. The van der Waals surface area contributed by atoms with Crippen LogP contribution in [0.3, 0.4) is 0 Å². The first-order valence-corrected chi connectivity index (χ1v) is 6.30. The van der Waals surface area contributed by atoms with Crippen LogP contribution in [0.15, 0.2) is 4.52 Å². The highest BCUT2D eigenvalue weighted by molar-refractivity contribution is 4.97. The zero-order chi connectivity index (χ0) is 12.7. The Balaban J connectivity index is 2.64. The van der Waals surface area contributed by atoms with Crippen molar-refractivity contribution < 1.29 is 9.26 Å². The largest absolute Gasteiger partial charge is 0.383 e. The number of methoxy groups -OCH3 is 1. The topological polar surface area (TPSA) is 74.2 Å². The van der Waals surface area contributed by atoms with Crippen molar-refractivity contribution >= 4 is 0 Å². The van der Waals surface area contributed by atoms with Gasteiger partial charge >= 0.3 is 0 Å². The van der Waals surface area contributed by atoms with Crippen molar-refractivity contribution in [2.45, 2.75) is 51.5 Å². The Morgan fingerprint density at radius 3 is 2.76 bits per heavy atom. The van der Waals surface area contributed by atoms with Gasteiger partial charge in [-0.3, -0.25) is 0 Å². The third kappa shape index (κ3) is 4.09. The molecule has 1 aromatic heterocycles. The van der Waals surface area contributed by atoms with E-state index in [0.717, 1.165) is 12.8 Å². The van der Waals surface area contributed by atoms with E-state index in [-0.39, 0.29) is 6.04 Å². The predicted octanol–water partition coefficient (Wildman–Crippen LogP) is 2.40. The fourth-order valence-electron chi connectivity index (χ4n) is 1.77. The van der Waals surface area contributed by atoms with Gasteiger partial charge in [0, 0.05) is 13.0 Å². The SMILES string of the molecule is CCCCC(CC)c1nc(C(N)COC)no1. The first kappa shape index (κ1) is 14.1. The second-order valence-corrected chi connectivity index (χ2v) is 4.30. The van der Waals surface area contributed by atoms with E-state index in [9.17, 15) is 0 Å². The van der Waals surface area contributed by atoms with Crippen LogP contribution in [0.2, 0.25) is 0 Å². The molecule has 0 saturated carbocycles. The van der Waals surface area contributed by atoms with Crippen LogP contribution >= 0.6 is 0 Å².